The van der Waals surface area contributed by atoms with Crippen molar-refractivity contribution in [3.8, 4) is 0 Å². The van der Waals surface area contributed by atoms with Crippen LogP contribution in [-0.2, 0) is 11.3 Å². The van der Waals surface area contributed by atoms with Gasteiger partial charge < -0.3 is 15.8 Å². The minimum Gasteiger partial charge on any atom is -0.394 e. The SMILES string of the molecule is CCCOCCCNc1c(N)c(C)nn1CCC. The monoisotopic (exact) mass is 254 g/mol. The molecule has 0 aliphatic rings. The van der Waals surface area contributed by atoms with Crippen molar-refractivity contribution < 1.29 is 4.74 Å². The zero-order chi connectivity index (χ0) is 13.4. The van der Waals surface area contributed by atoms with Crippen molar-refractivity contribution in [3.63, 3.8) is 0 Å². The molecule has 0 saturated heterocycles. The second kappa shape index (κ2) is 7.97. The second-order valence-corrected chi connectivity index (χ2v) is 4.46. The van der Waals surface area contributed by atoms with Crippen LogP contribution in [0.15, 0.2) is 0 Å². The summed E-state index contributed by atoms with van der Waals surface area (Å²) < 4.78 is 7.40. The molecule has 1 aromatic rings. The lowest BCUT2D eigenvalue weighted by atomic mass is 10.3. The molecule has 0 atom stereocenters. The van der Waals surface area contributed by atoms with E-state index in [1.165, 1.54) is 0 Å². The van der Waals surface area contributed by atoms with Crippen LogP contribution in [0, 0.1) is 6.92 Å². The number of rotatable bonds is 9. The molecule has 5 nitrogen and oxygen atoms in total. The molecule has 0 amide bonds. The van der Waals surface area contributed by atoms with Gasteiger partial charge in [0.1, 0.15) is 5.82 Å². The van der Waals surface area contributed by atoms with Gasteiger partial charge in [0.05, 0.1) is 11.4 Å². The van der Waals surface area contributed by atoms with Crippen LogP contribution in [0.2, 0.25) is 0 Å². The molecule has 0 unspecified atom stereocenters. The Hall–Kier alpha value is -1.23. The van der Waals surface area contributed by atoms with Gasteiger partial charge in [-0.1, -0.05) is 13.8 Å². The molecular formula is C13H26N4O. The maximum atomic E-state index is 6.02. The van der Waals surface area contributed by atoms with Gasteiger partial charge in [-0.15, -0.1) is 0 Å². The van der Waals surface area contributed by atoms with E-state index < -0.39 is 0 Å². The fraction of sp³-hybridized carbons (Fsp3) is 0.769. The molecular weight excluding hydrogens is 228 g/mol. The zero-order valence-corrected chi connectivity index (χ0v) is 11.8. The molecule has 0 saturated carbocycles. The van der Waals surface area contributed by atoms with Crippen molar-refractivity contribution in [3.05, 3.63) is 5.69 Å². The van der Waals surface area contributed by atoms with Crippen LogP contribution in [-0.4, -0.2) is 29.5 Å². The molecule has 1 heterocycles. The third-order valence-corrected chi connectivity index (χ3v) is 2.72. The summed E-state index contributed by atoms with van der Waals surface area (Å²) in [5.41, 5.74) is 7.68. The van der Waals surface area contributed by atoms with Crippen molar-refractivity contribution >= 4 is 11.5 Å². The Bertz CT molecular complexity index is 349. The predicted molar refractivity (Wildman–Crippen MR) is 75.9 cm³/mol. The van der Waals surface area contributed by atoms with E-state index >= 15 is 0 Å². The average Bonchev–Trinajstić information content (AvgIpc) is 2.61. The van der Waals surface area contributed by atoms with E-state index in [1.807, 2.05) is 11.6 Å². The number of nitrogens with zero attached hydrogens (tertiary/aromatic N) is 2. The Balaban J connectivity index is 2.40. The van der Waals surface area contributed by atoms with E-state index in [4.69, 9.17) is 10.5 Å². The van der Waals surface area contributed by atoms with Crippen LogP contribution < -0.4 is 11.1 Å². The number of nitrogens with two attached hydrogens (primary N) is 1. The molecule has 18 heavy (non-hydrogen) atoms. The number of nitrogen functional groups attached to an aromatic ring is 1. The molecule has 0 aromatic carbocycles. The first-order valence-corrected chi connectivity index (χ1v) is 6.85. The number of nitrogens with one attached hydrogen (secondary N) is 1. The van der Waals surface area contributed by atoms with E-state index in [0.717, 1.165) is 62.8 Å². The molecule has 0 fully saturated rings. The van der Waals surface area contributed by atoms with Crippen LogP contribution in [0.25, 0.3) is 0 Å². The first kappa shape index (κ1) is 14.8. The molecule has 104 valence electrons. The maximum absolute atomic E-state index is 6.02. The Morgan fingerprint density at radius 1 is 1.28 bits per heavy atom. The van der Waals surface area contributed by atoms with E-state index in [-0.39, 0.29) is 0 Å². The lowest BCUT2D eigenvalue weighted by Gasteiger charge is -2.10. The topological polar surface area (TPSA) is 65.1 Å². The predicted octanol–water partition coefficient (Wildman–Crippen LogP) is 2.41. The normalized spacial score (nSPS) is 10.8. The molecule has 5 heteroatoms. The highest BCUT2D eigenvalue weighted by molar-refractivity contribution is 5.64. The molecule has 0 aliphatic heterocycles. The minimum atomic E-state index is 0.762. The van der Waals surface area contributed by atoms with Gasteiger partial charge in [-0.3, -0.25) is 0 Å². The number of anilines is 2. The second-order valence-electron chi connectivity index (χ2n) is 4.46. The summed E-state index contributed by atoms with van der Waals surface area (Å²) in [5.74, 6) is 0.949. The van der Waals surface area contributed by atoms with Gasteiger partial charge >= 0.3 is 0 Å². The Morgan fingerprint density at radius 2 is 2.06 bits per heavy atom. The largest absolute Gasteiger partial charge is 0.394 e. The number of aryl methyl sites for hydroxylation is 2. The number of hydrogen-bond acceptors (Lipinski definition) is 4. The summed E-state index contributed by atoms with van der Waals surface area (Å²) in [6.07, 6.45) is 3.10. The van der Waals surface area contributed by atoms with Crippen molar-refractivity contribution in [1.82, 2.24) is 9.78 Å². The Labute approximate surface area is 110 Å². The van der Waals surface area contributed by atoms with Gasteiger partial charge in [0.2, 0.25) is 0 Å². The molecule has 0 aliphatic carbocycles. The van der Waals surface area contributed by atoms with E-state index in [2.05, 4.69) is 24.3 Å². The van der Waals surface area contributed by atoms with Crippen LogP contribution in [0.5, 0.6) is 0 Å². The summed E-state index contributed by atoms with van der Waals surface area (Å²) in [6, 6.07) is 0. The van der Waals surface area contributed by atoms with Crippen LogP contribution in [0.1, 0.15) is 38.8 Å². The summed E-state index contributed by atoms with van der Waals surface area (Å²) >= 11 is 0. The summed E-state index contributed by atoms with van der Waals surface area (Å²) in [6.45, 7) is 9.59. The standard InChI is InChI=1S/C13H26N4O/c1-4-8-17-13(12(14)11(3)16-17)15-7-6-10-18-9-5-2/h15H,4-10,14H2,1-3H3. The van der Waals surface area contributed by atoms with Crippen molar-refractivity contribution in [2.75, 3.05) is 30.8 Å². The summed E-state index contributed by atoms with van der Waals surface area (Å²) in [7, 11) is 0. The van der Waals surface area contributed by atoms with Gasteiger partial charge in [0, 0.05) is 26.3 Å². The fourth-order valence-corrected chi connectivity index (χ4v) is 1.78. The zero-order valence-electron chi connectivity index (χ0n) is 11.8. The molecule has 1 rings (SSSR count). The van der Waals surface area contributed by atoms with Crippen LogP contribution >= 0.6 is 0 Å². The minimum absolute atomic E-state index is 0.762. The Morgan fingerprint density at radius 3 is 2.72 bits per heavy atom. The fourth-order valence-electron chi connectivity index (χ4n) is 1.78. The molecule has 0 bridgehead atoms. The summed E-state index contributed by atoms with van der Waals surface area (Å²) in [5, 5.41) is 7.79. The third kappa shape index (κ3) is 4.22. The van der Waals surface area contributed by atoms with E-state index in [0.29, 0.717) is 0 Å². The highest BCUT2D eigenvalue weighted by Gasteiger charge is 2.10. The quantitative estimate of drug-likeness (QED) is 0.664. The van der Waals surface area contributed by atoms with Gasteiger partial charge in [0.25, 0.3) is 0 Å². The number of hydrogen-bond donors (Lipinski definition) is 2. The van der Waals surface area contributed by atoms with E-state index in [9.17, 15) is 0 Å². The molecule has 0 spiro atoms. The van der Waals surface area contributed by atoms with Gasteiger partial charge in [-0.05, 0) is 26.2 Å². The third-order valence-electron chi connectivity index (χ3n) is 2.72. The first-order chi connectivity index (χ1) is 8.70. The van der Waals surface area contributed by atoms with Gasteiger partial charge in [0.15, 0.2) is 0 Å². The van der Waals surface area contributed by atoms with Crippen molar-refractivity contribution in [1.29, 1.82) is 0 Å². The molecule has 3 N–H and O–H groups in total. The molecule has 0 radical (unpaired) electrons. The van der Waals surface area contributed by atoms with Gasteiger partial charge in [-0.25, -0.2) is 4.68 Å². The van der Waals surface area contributed by atoms with Crippen LogP contribution in [0.3, 0.4) is 0 Å². The van der Waals surface area contributed by atoms with Crippen LogP contribution in [0.4, 0.5) is 11.5 Å². The average molecular weight is 254 g/mol. The highest BCUT2D eigenvalue weighted by atomic mass is 16.5. The van der Waals surface area contributed by atoms with Crippen molar-refractivity contribution in [2.45, 2.75) is 46.6 Å². The molecule has 1 aromatic heterocycles. The maximum Gasteiger partial charge on any atom is 0.148 e. The van der Waals surface area contributed by atoms with E-state index in [1.54, 1.807) is 0 Å². The smallest absolute Gasteiger partial charge is 0.148 e. The number of aromatic nitrogens is 2. The lowest BCUT2D eigenvalue weighted by molar-refractivity contribution is 0.134. The summed E-state index contributed by atoms with van der Waals surface area (Å²) in [4.78, 5) is 0. The van der Waals surface area contributed by atoms with Gasteiger partial charge in [-0.2, -0.15) is 5.10 Å². The van der Waals surface area contributed by atoms with Crippen molar-refractivity contribution in [2.24, 2.45) is 0 Å². The lowest BCUT2D eigenvalue weighted by Crippen LogP contribution is -2.12. The number of ether oxygens (including phenoxy) is 1. The highest BCUT2D eigenvalue weighted by Crippen LogP contribution is 2.22. The first-order valence-electron chi connectivity index (χ1n) is 6.85. The Kier molecular flexibility index (Phi) is 6.57.